The highest BCUT2D eigenvalue weighted by Crippen LogP contribution is 2.74. The zero-order chi connectivity index (χ0) is 50.4. The second kappa shape index (κ2) is 19.0. The Morgan fingerprint density at radius 2 is 1.54 bits per heavy atom. The SMILES string of the molecule is CCCC(=O)OCC(=O)O[C@@H](C(=O)O[C@H]1C[C@@]2(O)[C@@H](OC(=O)c3ccccc3)[C@@H]3[C@]4(OC(C)=O)CO[C@@H]4C[C@@H]4C[C@@]43C(=O)[C@H](OC(C)=O)C(=C1C)C2(C)C)[C@@H](NC(=O)OC(C)(C)C)c1ccccc1. The van der Waals surface area contributed by atoms with E-state index in [1.165, 1.54) is 19.1 Å². The molecule has 11 atom stereocenters. The van der Waals surface area contributed by atoms with Crippen LogP contribution in [0.5, 0.6) is 0 Å². The Morgan fingerprint density at radius 3 is 2.12 bits per heavy atom. The number of alkyl carbamates (subject to hydrolysis) is 1. The van der Waals surface area contributed by atoms with Crippen LogP contribution in [0.15, 0.2) is 71.8 Å². The van der Waals surface area contributed by atoms with Gasteiger partial charge in [0.25, 0.3) is 0 Å². The van der Waals surface area contributed by atoms with E-state index in [0.29, 0.717) is 6.42 Å². The topological polar surface area (TPSA) is 243 Å². The monoisotopic (exact) mass is 959 g/mol. The number of esters is 6. The number of benzene rings is 2. The summed E-state index contributed by atoms with van der Waals surface area (Å²) >= 11 is 0. The van der Waals surface area contributed by atoms with Crippen LogP contribution in [0.3, 0.4) is 0 Å². The number of fused-ring (bicyclic) bond motifs is 4. The van der Waals surface area contributed by atoms with Gasteiger partial charge in [0.05, 0.1) is 18.1 Å². The molecule has 0 radical (unpaired) electrons. The van der Waals surface area contributed by atoms with Crippen LogP contribution in [0.1, 0.15) is 116 Å². The Kier molecular flexibility index (Phi) is 14.0. The Bertz CT molecular complexity index is 2410. The summed E-state index contributed by atoms with van der Waals surface area (Å²) in [5.74, 6) is -7.89. The number of ether oxygens (including phenoxy) is 8. The average Bonchev–Trinajstić information content (AvgIpc) is 4.00. The third-order valence-corrected chi connectivity index (χ3v) is 14.2. The van der Waals surface area contributed by atoms with Crippen LogP contribution in [0.25, 0.3) is 0 Å². The van der Waals surface area contributed by atoms with Crippen LogP contribution >= 0.6 is 0 Å². The molecule has 7 rings (SSSR count). The summed E-state index contributed by atoms with van der Waals surface area (Å²) in [5.41, 5.74) is -7.49. The van der Waals surface area contributed by atoms with Gasteiger partial charge >= 0.3 is 41.9 Å². The molecule has 2 aromatic rings. The van der Waals surface area contributed by atoms with E-state index in [1.54, 1.807) is 97.0 Å². The van der Waals surface area contributed by atoms with Crippen molar-refractivity contribution in [1.82, 2.24) is 5.32 Å². The first kappa shape index (κ1) is 50.7. The largest absolute Gasteiger partial charge is 0.455 e. The summed E-state index contributed by atoms with van der Waals surface area (Å²) < 4.78 is 47.4. The van der Waals surface area contributed by atoms with Crippen molar-refractivity contribution < 1.29 is 81.4 Å². The van der Waals surface area contributed by atoms with Crippen molar-refractivity contribution >= 4 is 47.7 Å². The standard InChI is InChI=1S/C51H61NO17/c1-10-17-35(55)62-25-36(56)66-40(38(30-18-13-11-14-19-30)52-46(60)69-47(5,6)7)45(59)65-33-24-51(61)43(67-44(58)31-20-15-12-16-21-31)41-49(23-32(49)22-34-50(41,26-63-34)68-29(4)54)42(57)39(64-28(3)53)37(27(33)2)48(51,8)9/h11-16,18-21,32-34,38-41,43,61H,10,17,22-26H2,1-9H3,(H,52,60)/t32-,33+,34-,38+,39-,40-,41+,43+,49-,50+,51-/m1/s1. The molecule has 372 valence electrons. The third kappa shape index (κ3) is 9.49. The molecule has 0 aromatic heterocycles. The van der Waals surface area contributed by atoms with Gasteiger partial charge in [-0.2, -0.15) is 0 Å². The van der Waals surface area contributed by atoms with Gasteiger partial charge in [-0.1, -0.05) is 69.3 Å². The molecule has 5 aliphatic rings. The van der Waals surface area contributed by atoms with Crippen molar-refractivity contribution in [3.63, 3.8) is 0 Å². The number of amides is 1. The van der Waals surface area contributed by atoms with Gasteiger partial charge in [-0.15, -0.1) is 0 Å². The molecule has 1 heterocycles. The lowest BCUT2D eigenvalue weighted by atomic mass is 9.48. The van der Waals surface area contributed by atoms with E-state index in [1.807, 2.05) is 0 Å². The van der Waals surface area contributed by atoms with Crippen molar-refractivity contribution in [3.8, 4) is 0 Å². The average molecular weight is 960 g/mol. The van der Waals surface area contributed by atoms with Gasteiger partial charge in [-0.05, 0) is 81.7 Å². The second-order valence-electron chi connectivity index (χ2n) is 20.2. The van der Waals surface area contributed by atoms with Crippen molar-refractivity contribution in [2.45, 2.75) is 148 Å². The zero-order valence-corrected chi connectivity index (χ0v) is 40.3. The number of Topliss-reactive ketones (excluding diaryl/α,β-unsaturated/α-hetero) is 1. The predicted molar refractivity (Wildman–Crippen MR) is 239 cm³/mol. The minimum absolute atomic E-state index is 0.00270. The van der Waals surface area contributed by atoms with Gasteiger partial charge in [-0.25, -0.2) is 19.2 Å². The van der Waals surface area contributed by atoms with Gasteiger partial charge < -0.3 is 48.3 Å². The lowest BCUT2D eigenvalue weighted by Crippen LogP contribution is -2.78. The smallest absolute Gasteiger partial charge is 0.408 e. The molecular formula is C51H61NO17. The molecule has 1 spiro atoms. The minimum atomic E-state index is -2.35. The normalized spacial score (nSPS) is 30.3. The molecule has 2 bridgehead atoms. The van der Waals surface area contributed by atoms with Gasteiger partial charge in [-0.3, -0.25) is 19.2 Å². The number of aliphatic hydroxyl groups is 1. The first-order chi connectivity index (χ1) is 32.4. The zero-order valence-electron chi connectivity index (χ0n) is 40.3. The van der Waals surface area contributed by atoms with Crippen LogP contribution in [0, 0.1) is 22.7 Å². The maximum Gasteiger partial charge on any atom is 0.408 e. The number of carbonyl (C=O) groups excluding carboxylic acids is 8. The lowest BCUT2D eigenvalue weighted by molar-refractivity contribution is -0.323. The summed E-state index contributed by atoms with van der Waals surface area (Å²) in [6.07, 6.45) is -8.38. The molecule has 4 fully saturated rings. The van der Waals surface area contributed by atoms with Crippen molar-refractivity contribution in [3.05, 3.63) is 82.9 Å². The van der Waals surface area contributed by atoms with Crippen molar-refractivity contribution in [2.75, 3.05) is 13.2 Å². The molecule has 3 saturated carbocycles. The number of carbonyl (C=O) groups is 8. The van der Waals surface area contributed by atoms with Gasteiger partial charge in [0.2, 0.25) is 6.10 Å². The van der Waals surface area contributed by atoms with Crippen LogP contribution in [0.2, 0.25) is 0 Å². The third-order valence-electron chi connectivity index (χ3n) is 14.2. The minimum Gasteiger partial charge on any atom is -0.455 e. The predicted octanol–water partition coefficient (Wildman–Crippen LogP) is 5.36. The highest BCUT2D eigenvalue weighted by molar-refractivity contribution is 5.98. The molecular weight excluding hydrogens is 899 g/mol. The first-order valence-corrected chi connectivity index (χ1v) is 23.2. The highest BCUT2D eigenvalue weighted by Gasteiger charge is 2.84. The van der Waals surface area contributed by atoms with Gasteiger partial charge in [0.15, 0.2) is 24.1 Å². The number of ketones is 1. The summed E-state index contributed by atoms with van der Waals surface area (Å²) in [7, 11) is 0. The van der Waals surface area contributed by atoms with Crippen LogP contribution in [-0.2, 0) is 66.7 Å². The molecule has 0 unspecified atom stereocenters. The summed E-state index contributed by atoms with van der Waals surface area (Å²) in [5, 5.41) is 16.5. The summed E-state index contributed by atoms with van der Waals surface area (Å²) in [4.78, 5) is 111. The van der Waals surface area contributed by atoms with E-state index in [4.69, 9.17) is 37.9 Å². The van der Waals surface area contributed by atoms with Crippen LogP contribution in [-0.4, -0.2) is 113 Å². The van der Waals surface area contributed by atoms with Crippen molar-refractivity contribution in [1.29, 1.82) is 0 Å². The van der Waals surface area contributed by atoms with E-state index in [9.17, 15) is 33.9 Å². The van der Waals surface area contributed by atoms with Crippen LogP contribution < -0.4 is 5.32 Å². The molecule has 18 heteroatoms. The molecule has 2 aromatic carbocycles. The van der Waals surface area contributed by atoms with E-state index < -0.39 is 137 Å². The maximum absolute atomic E-state index is 15.7. The second-order valence-corrected chi connectivity index (χ2v) is 20.2. The van der Waals surface area contributed by atoms with Crippen LogP contribution in [0.4, 0.5) is 4.79 Å². The van der Waals surface area contributed by atoms with Gasteiger partial charge in [0, 0.05) is 37.5 Å². The maximum atomic E-state index is 15.7. The number of nitrogens with one attached hydrogen (secondary N) is 1. The lowest BCUT2D eigenvalue weighted by Gasteiger charge is -2.64. The Morgan fingerprint density at radius 1 is 0.884 bits per heavy atom. The molecule has 2 N–H and O–H groups in total. The Hall–Kier alpha value is -6.14. The fourth-order valence-electron chi connectivity index (χ4n) is 11.1. The van der Waals surface area contributed by atoms with E-state index >= 15 is 9.59 Å². The summed E-state index contributed by atoms with van der Waals surface area (Å²) in [6.45, 7) is 12.5. The highest BCUT2D eigenvalue weighted by atomic mass is 16.6. The van der Waals surface area contributed by atoms with Gasteiger partial charge in [0.1, 0.15) is 35.6 Å². The molecule has 69 heavy (non-hydrogen) atoms. The van der Waals surface area contributed by atoms with Crippen molar-refractivity contribution in [2.24, 2.45) is 22.7 Å². The molecule has 1 aliphatic heterocycles. The Labute approximate surface area is 400 Å². The number of hydrogen-bond acceptors (Lipinski definition) is 17. The molecule has 4 aliphatic carbocycles. The molecule has 18 nitrogen and oxygen atoms in total. The number of rotatable bonds is 14. The fourth-order valence-corrected chi connectivity index (χ4v) is 11.1. The fraction of sp³-hybridized carbons (Fsp3) is 0.569. The Balaban J connectivity index is 1.39. The molecule has 1 saturated heterocycles. The van der Waals surface area contributed by atoms with E-state index in [2.05, 4.69) is 5.32 Å². The summed E-state index contributed by atoms with van der Waals surface area (Å²) in [6, 6.07) is 14.5. The quantitative estimate of drug-likeness (QED) is 0.137. The van der Waals surface area contributed by atoms with E-state index in [-0.39, 0.29) is 48.1 Å². The number of hydrogen-bond donors (Lipinski definition) is 2. The van der Waals surface area contributed by atoms with E-state index in [0.717, 1.165) is 6.92 Å². The molecule has 1 amide bonds. The first-order valence-electron chi connectivity index (χ1n) is 23.2.